The Labute approximate surface area is 170 Å². The van der Waals surface area contributed by atoms with Crippen LogP contribution >= 0.6 is 23.2 Å². The van der Waals surface area contributed by atoms with E-state index in [0.717, 1.165) is 22.5 Å². The van der Waals surface area contributed by atoms with Gasteiger partial charge in [-0.15, -0.1) is 0 Å². The second-order valence-electron chi connectivity index (χ2n) is 6.44. The smallest absolute Gasteiger partial charge is 0.288 e. The SMILES string of the molecule is O=C(c1ccc(Cl)c([N+](=O)[O-])c1)N1CCc2[nH]nc(-c3ccc(Cl)cc3)c2C1. The third kappa shape index (κ3) is 3.34. The van der Waals surface area contributed by atoms with Crippen LogP contribution in [0.25, 0.3) is 11.3 Å². The molecule has 0 saturated carbocycles. The van der Waals surface area contributed by atoms with Gasteiger partial charge in [0.1, 0.15) is 5.02 Å². The van der Waals surface area contributed by atoms with E-state index in [-0.39, 0.29) is 22.2 Å². The summed E-state index contributed by atoms with van der Waals surface area (Å²) in [6, 6.07) is 11.4. The molecule has 0 fully saturated rings. The van der Waals surface area contributed by atoms with Crippen LogP contribution in [0.2, 0.25) is 10.0 Å². The Balaban J connectivity index is 1.63. The van der Waals surface area contributed by atoms with Gasteiger partial charge in [-0.05, 0) is 24.3 Å². The minimum Gasteiger partial charge on any atom is -0.334 e. The van der Waals surface area contributed by atoms with Crippen LogP contribution in [-0.2, 0) is 13.0 Å². The summed E-state index contributed by atoms with van der Waals surface area (Å²) in [5.41, 5.74) is 3.54. The molecule has 142 valence electrons. The van der Waals surface area contributed by atoms with Crippen LogP contribution in [0.15, 0.2) is 42.5 Å². The van der Waals surface area contributed by atoms with E-state index in [2.05, 4.69) is 10.2 Å². The number of nitro groups is 1. The first kappa shape index (κ1) is 18.5. The molecule has 1 aliphatic heterocycles. The summed E-state index contributed by atoms with van der Waals surface area (Å²) in [6.07, 6.45) is 0.622. The molecular weight excluding hydrogens is 403 g/mol. The molecule has 1 amide bonds. The molecule has 0 spiro atoms. The lowest BCUT2D eigenvalue weighted by molar-refractivity contribution is -0.384. The maximum Gasteiger partial charge on any atom is 0.288 e. The second-order valence-corrected chi connectivity index (χ2v) is 7.28. The number of H-pyrrole nitrogens is 1. The minimum atomic E-state index is -0.595. The van der Waals surface area contributed by atoms with Crippen LogP contribution in [0.3, 0.4) is 0 Å². The number of nitrogens with one attached hydrogen (secondary N) is 1. The zero-order valence-corrected chi connectivity index (χ0v) is 16.0. The number of carbonyl (C=O) groups excluding carboxylic acids is 1. The predicted octanol–water partition coefficient (Wildman–Crippen LogP) is 4.49. The van der Waals surface area contributed by atoms with Crippen molar-refractivity contribution in [1.82, 2.24) is 15.1 Å². The van der Waals surface area contributed by atoms with Crippen LogP contribution < -0.4 is 0 Å². The number of fused-ring (bicyclic) bond motifs is 1. The number of aromatic nitrogens is 2. The highest BCUT2D eigenvalue weighted by molar-refractivity contribution is 6.32. The molecule has 28 heavy (non-hydrogen) atoms. The molecule has 0 unspecified atom stereocenters. The monoisotopic (exact) mass is 416 g/mol. The Morgan fingerprint density at radius 2 is 1.93 bits per heavy atom. The number of hydrogen-bond donors (Lipinski definition) is 1. The molecule has 0 aliphatic carbocycles. The Hall–Kier alpha value is -2.90. The zero-order valence-electron chi connectivity index (χ0n) is 14.5. The van der Waals surface area contributed by atoms with Gasteiger partial charge in [-0.1, -0.05) is 35.3 Å². The number of nitro benzene ring substituents is 1. The number of hydrogen-bond acceptors (Lipinski definition) is 4. The number of aromatic amines is 1. The van der Waals surface area contributed by atoms with Crippen molar-refractivity contribution in [3.05, 3.63) is 79.4 Å². The molecule has 1 aromatic heterocycles. The zero-order chi connectivity index (χ0) is 19.8. The molecule has 2 aromatic carbocycles. The van der Waals surface area contributed by atoms with Gasteiger partial charge >= 0.3 is 0 Å². The minimum absolute atomic E-state index is 0.00217. The van der Waals surface area contributed by atoms with E-state index in [1.54, 1.807) is 17.0 Å². The third-order valence-corrected chi connectivity index (χ3v) is 5.30. The number of nitrogens with zero attached hydrogens (tertiary/aromatic N) is 3. The molecule has 7 nitrogen and oxygen atoms in total. The standard InChI is InChI=1S/C19H14Cl2N4O3/c20-13-4-1-11(2-5-13)18-14-10-24(8-7-16(14)22-23-18)19(26)12-3-6-15(21)17(9-12)25(27)28/h1-6,9H,7-8,10H2,(H,22,23). The predicted molar refractivity (Wildman–Crippen MR) is 106 cm³/mol. The van der Waals surface area contributed by atoms with Gasteiger partial charge in [0.15, 0.2) is 0 Å². The van der Waals surface area contributed by atoms with Crippen LogP contribution in [0, 0.1) is 10.1 Å². The first-order chi connectivity index (χ1) is 13.4. The van der Waals surface area contributed by atoms with Crippen LogP contribution in [-0.4, -0.2) is 32.5 Å². The van der Waals surface area contributed by atoms with Crippen molar-refractivity contribution in [2.45, 2.75) is 13.0 Å². The molecule has 0 bridgehead atoms. The van der Waals surface area contributed by atoms with Gasteiger partial charge in [0.25, 0.3) is 11.6 Å². The lowest BCUT2D eigenvalue weighted by Crippen LogP contribution is -2.36. The largest absolute Gasteiger partial charge is 0.334 e. The molecule has 0 radical (unpaired) electrons. The van der Waals surface area contributed by atoms with Crippen molar-refractivity contribution in [2.75, 3.05) is 6.54 Å². The molecule has 4 rings (SSSR count). The molecular formula is C19H14Cl2N4O3. The van der Waals surface area contributed by atoms with E-state index in [0.29, 0.717) is 24.5 Å². The van der Waals surface area contributed by atoms with Crippen molar-refractivity contribution in [2.24, 2.45) is 0 Å². The molecule has 9 heteroatoms. The average Bonchev–Trinajstić information content (AvgIpc) is 3.11. The van der Waals surface area contributed by atoms with E-state index in [4.69, 9.17) is 23.2 Å². The summed E-state index contributed by atoms with van der Waals surface area (Å²) >= 11 is 11.8. The van der Waals surface area contributed by atoms with Gasteiger partial charge in [-0.3, -0.25) is 20.0 Å². The Kier molecular flexibility index (Phi) is 4.78. The topological polar surface area (TPSA) is 92.1 Å². The number of halogens is 2. The highest BCUT2D eigenvalue weighted by atomic mass is 35.5. The Bertz CT molecular complexity index is 1080. The van der Waals surface area contributed by atoms with Gasteiger partial charge < -0.3 is 4.90 Å². The van der Waals surface area contributed by atoms with Gasteiger partial charge in [0.05, 0.1) is 10.6 Å². The summed E-state index contributed by atoms with van der Waals surface area (Å²) in [7, 11) is 0. The molecule has 0 atom stereocenters. The van der Waals surface area contributed by atoms with E-state index < -0.39 is 4.92 Å². The maximum atomic E-state index is 12.9. The fourth-order valence-corrected chi connectivity index (χ4v) is 3.60. The fraction of sp³-hybridized carbons (Fsp3) is 0.158. The average molecular weight is 417 g/mol. The quantitative estimate of drug-likeness (QED) is 0.502. The Morgan fingerprint density at radius 1 is 1.18 bits per heavy atom. The molecule has 1 aliphatic rings. The number of carbonyl (C=O) groups is 1. The van der Waals surface area contributed by atoms with Gasteiger partial charge in [-0.25, -0.2) is 0 Å². The lowest BCUT2D eigenvalue weighted by atomic mass is 10.0. The van der Waals surface area contributed by atoms with Crippen molar-refractivity contribution >= 4 is 34.8 Å². The maximum absolute atomic E-state index is 12.9. The highest BCUT2D eigenvalue weighted by Gasteiger charge is 2.27. The highest BCUT2D eigenvalue weighted by Crippen LogP contribution is 2.31. The normalized spacial score (nSPS) is 13.3. The summed E-state index contributed by atoms with van der Waals surface area (Å²) in [4.78, 5) is 25.1. The van der Waals surface area contributed by atoms with E-state index >= 15 is 0 Å². The number of amides is 1. The summed E-state index contributed by atoms with van der Waals surface area (Å²) < 4.78 is 0. The van der Waals surface area contributed by atoms with Crippen LogP contribution in [0.1, 0.15) is 21.6 Å². The molecule has 0 saturated heterocycles. The molecule has 1 N–H and O–H groups in total. The first-order valence-electron chi connectivity index (χ1n) is 8.49. The van der Waals surface area contributed by atoms with Gasteiger partial charge in [0, 0.05) is 53.0 Å². The molecule has 2 heterocycles. The first-order valence-corrected chi connectivity index (χ1v) is 9.25. The van der Waals surface area contributed by atoms with E-state index in [1.807, 2.05) is 12.1 Å². The van der Waals surface area contributed by atoms with Gasteiger partial charge in [-0.2, -0.15) is 5.10 Å². The van der Waals surface area contributed by atoms with E-state index in [9.17, 15) is 14.9 Å². The summed E-state index contributed by atoms with van der Waals surface area (Å²) in [6.45, 7) is 0.851. The number of benzene rings is 2. The van der Waals surface area contributed by atoms with Crippen LogP contribution in [0.5, 0.6) is 0 Å². The van der Waals surface area contributed by atoms with Crippen molar-refractivity contribution in [3.8, 4) is 11.3 Å². The third-order valence-electron chi connectivity index (χ3n) is 4.73. The summed E-state index contributed by atoms with van der Waals surface area (Å²) in [5.74, 6) is -0.284. The van der Waals surface area contributed by atoms with Crippen molar-refractivity contribution in [3.63, 3.8) is 0 Å². The Morgan fingerprint density at radius 3 is 2.64 bits per heavy atom. The fourth-order valence-electron chi connectivity index (χ4n) is 3.28. The summed E-state index contributed by atoms with van der Waals surface area (Å²) in [5, 5.41) is 19.2. The van der Waals surface area contributed by atoms with Crippen molar-refractivity contribution < 1.29 is 9.72 Å². The second kappa shape index (κ2) is 7.26. The molecule has 3 aromatic rings. The lowest BCUT2D eigenvalue weighted by Gasteiger charge is -2.27. The van der Waals surface area contributed by atoms with Crippen LogP contribution in [0.4, 0.5) is 5.69 Å². The van der Waals surface area contributed by atoms with Gasteiger partial charge in [0.2, 0.25) is 0 Å². The number of rotatable bonds is 3. The van der Waals surface area contributed by atoms with E-state index in [1.165, 1.54) is 18.2 Å². The van der Waals surface area contributed by atoms with Crippen molar-refractivity contribution in [1.29, 1.82) is 0 Å².